The van der Waals surface area contributed by atoms with Gasteiger partial charge in [-0.2, -0.15) is 0 Å². The summed E-state index contributed by atoms with van der Waals surface area (Å²) in [6.07, 6.45) is 3.32. The van der Waals surface area contributed by atoms with Crippen molar-refractivity contribution in [3.63, 3.8) is 0 Å². The van der Waals surface area contributed by atoms with Crippen molar-refractivity contribution >= 4 is 11.9 Å². The highest BCUT2D eigenvalue weighted by atomic mass is 16.5. The molecule has 1 heterocycles. The number of carbonyl (C=O) groups excluding carboxylic acids is 1. The van der Waals surface area contributed by atoms with Gasteiger partial charge in [0.05, 0.1) is 19.3 Å². The highest BCUT2D eigenvalue weighted by Gasteiger charge is 2.25. The zero-order valence-electron chi connectivity index (χ0n) is 15.8. The van der Waals surface area contributed by atoms with Crippen molar-refractivity contribution in [3.8, 4) is 0 Å². The van der Waals surface area contributed by atoms with E-state index < -0.39 is 5.97 Å². The lowest BCUT2D eigenvalue weighted by atomic mass is 10.1. The average Bonchev–Trinajstić information content (AvgIpc) is 2.59. The Bertz CT molecular complexity index is 588. The maximum atomic E-state index is 12.4. The maximum Gasteiger partial charge on any atom is 0.317 e. The molecule has 26 heavy (non-hydrogen) atoms. The van der Waals surface area contributed by atoms with Crippen LogP contribution in [0.3, 0.4) is 0 Å². The minimum absolute atomic E-state index is 0.0210. The number of carboxylic acid groups (broad SMARTS) is 1. The molecule has 1 aromatic carbocycles. The first-order valence-corrected chi connectivity index (χ1v) is 9.29. The van der Waals surface area contributed by atoms with Gasteiger partial charge in [-0.3, -0.25) is 14.5 Å². The number of amides is 1. The second-order valence-electron chi connectivity index (χ2n) is 7.12. The normalized spacial score (nSPS) is 17.5. The van der Waals surface area contributed by atoms with Gasteiger partial charge < -0.3 is 14.7 Å². The average molecular weight is 362 g/mol. The molecule has 2 rings (SSSR count). The van der Waals surface area contributed by atoms with Gasteiger partial charge in [-0.1, -0.05) is 29.8 Å². The summed E-state index contributed by atoms with van der Waals surface area (Å²) in [4.78, 5) is 26.7. The van der Waals surface area contributed by atoms with E-state index in [9.17, 15) is 9.59 Å². The number of ether oxygens (including phenoxy) is 1. The number of nitrogens with zero attached hydrogens (tertiary/aromatic N) is 2. The van der Waals surface area contributed by atoms with Gasteiger partial charge in [0.1, 0.15) is 0 Å². The standard InChI is InChI=1S/C20H30N2O4/c1-16-7-9-17(10-8-16)5-3-4-6-19(23)22-11-12-26-18(14-22)13-21(2)15-20(24)25/h7-10,18H,3-6,11-15H2,1-2H3,(H,24,25). The quantitative estimate of drug-likeness (QED) is 0.680. The van der Waals surface area contributed by atoms with Crippen molar-refractivity contribution in [2.75, 3.05) is 39.8 Å². The van der Waals surface area contributed by atoms with Crippen LogP contribution in [0.4, 0.5) is 0 Å². The fraction of sp³-hybridized carbons (Fsp3) is 0.600. The van der Waals surface area contributed by atoms with Gasteiger partial charge in [-0.05, 0) is 38.8 Å². The Morgan fingerprint density at radius 1 is 1.27 bits per heavy atom. The summed E-state index contributed by atoms with van der Waals surface area (Å²) in [7, 11) is 1.75. The number of benzene rings is 1. The summed E-state index contributed by atoms with van der Waals surface area (Å²) in [5.41, 5.74) is 2.58. The molecule has 144 valence electrons. The number of carboxylic acids is 1. The van der Waals surface area contributed by atoms with Crippen molar-refractivity contribution in [1.82, 2.24) is 9.80 Å². The van der Waals surface area contributed by atoms with Gasteiger partial charge in [-0.15, -0.1) is 0 Å². The van der Waals surface area contributed by atoms with Gasteiger partial charge in [0.2, 0.25) is 5.91 Å². The third kappa shape index (κ3) is 7.14. The van der Waals surface area contributed by atoms with Crippen LogP contribution < -0.4 is 0 Å². The van der Waals surface area contributed by atoms with Crippen molar-refractivity contribution in [1.29, 1.82) is 0 Å². The van der Waals surface area contributed by atoms with Gasteiger partial charge >= 0.3 is 5.97 Å². The predicted molar refractivity (Wildman–Crippen MR) is 100 cm³/mol. The van der Waals surface area contributed by atoms with E-state index in [0.717, 1.165) is 19.3 Å². The second kappa shape index (κ2) is 10.3. The van der Waals surface area contributed by atoms with Crippen LogP contribution in [0.5, 0.6) is 0 Å². The van der Waals surface area contributed by atoms with Gasteiger partial charge in [-0.25, -0.2) is 0 Å². The van der Waals surface area contributed by atoms with Crippen LogP contribution in [0.25, 0.3) is 0 Å². The summed E-state index contributed by atoms with van der Waals surface area (Å²) in [6, 6.07) is 8.54. The van der Waals surface area contributed by atoms with Crippen LogP contribution in [-0.4, -0.2) is 72.7 Å². The molecule has 1 aromatic rings. The molecular formula is C20H30N2O4. The summed E-state index contributed by atoms with van der Waals surface area (Å²) in [5.74, 6) is -0.687. The number of aliphatic carboxylic acids is 1. The van der Waals surface area contributed by atoms with Crippen LogP contribution in [0, 0.1) is 6.92 Å². The smallest absolute Gasteiger partial charge is 0.317 e. The van der Waals surface area contributed by atoms with Crippen LogP contribution >= 0.6 is 0 Å². The molecule has 0 bridgehead atoms. The molecule has 1 N–H and O–H groups in total. The molecule has 0 saturated carbocycles. The first-order chi connectivity index (χ1) is 12.4. The van der Waals surface area contributed by atoms with Gasteiger partial charge in [0.25, 0.3) is 0 Å². The van der Waals surface area contributed by atoms with E-state index in [1.165, 1.54) is 11.1 Å². The molecule has 0 aliphatic carbocycles. The second-order valence-corrected chi connectivity index (χ2v) is 7.12. The molecule has 1 atom stereocenters. The van der Waals surface area contributed by atoms with Gasteiger partial charge in [0, 0.05) is 26.1 Å². The molecule has 0 aromatic heterocycles. The third-order valence-electron chi connectivity index (χ3n) is 4.64. The largest absolute Gasteiger partial charge is 0.480 e. The lowest BCUT2D eigenvalue weighted by molar-refractivity contribution is -0.142. The summed E-state index contributed by atoms with van der Waals surface area (Å²) in [5, 5.41) is 8.82. The lowest BCUT2D eigenvalue weighted by Crippen LogP contribution is -2.49. The fourth-order valence-electron chi connectivity index (χ4n) is 3.22. The zero-order valence-corrected chi connectivity index (χ0v) is 15.8. The van der Waals surface area contributed by atoms with Crippen LogP contribution in [0.15, 0.2) is 24.3 Å². The van der Waals surface area contributed by atoms with E-state index >= 15 is 0 Å². The first-order valence-electron chi connectivity index (χ1n) is 9.29. The number of hydrogen-bond acceptors (Lipinski definition) is 4. The molecule has 1 unspecified atom stereocenters. The van der Waals surface area contributed by atoms with Gasteiger partial charge in [0.15, 0.2) is 0 Å². The van der Waals surface area contributed by atoms with E-state index in [1.807, 2.05) is 4.90 Å². The molecule has 1 aliphatic rings. The molecule has 6 heteroatoms. The Labute approximate surface area is 155 Å². The van der Waals surface area contributed by atoms with Crippen molar-refractivity contribution < 1.29 is 19.4 Å². The van der Waals surface area contributed by atoms with E-state index in [1.54, 1.807) is 11.9 Å². The fourth-order valence-corrected chi connectivity index (χ4v) is 3.22. The number of rotatable bonds is 9. The zero-order chi connectivity index (χ0) is 18.9. The maximum absolute atomic E-state index is 12.4. The molecule has 1 amide bonds. The Kier molecular flexibility index (Phi) is 8.06. The highest BCUT2D eigenvalue weighted by molar-refractivity contribution is 5.76. The number of carbonyl (C=O) groups is 2. The lowest BCUT2D eigenvalue weighted by Gasteiger charge is -2.34. The van der Waals surface area contributed by atoms with E-state index in [4.69, 9.17) is 9.84 Å². The molecule has 0 spiro atoms. The van der Waals surface area contributed by atoms with E-state index in [0.29, 0.717) is 32.7 Å². The monoisotopic (exact) mass is 362 g/mol. The Morgan fingerprint density at radius 3 is 2.69 bits per heavy atom. The number of likely N-dealkylation sites (N-methyl/N-ethyl adjacent to an activating group) is 1. The number of unbranched alkanes of at least 4 members (excludes halogenated alkanes) is 1. The molecule has 6 nitrogen and oxygen atoms in total. The number of hydrogen-bond donors (Lipinski definition) is 1. The summed E-state index contributed by atoms with van der Waals surface area (Å²) < 4.78 is 5.68. The predicted octanol–water partition coefficient (Wildman–Crippen LogP) is 1.95. The number of aryl methyl sites for hydroxylation is 2. The Morgan fingerprint density at radius 2 is 2.00 bits per heavy atom. The van der Waals surface area contributed by atoms with Crippen molar-refractivity contribution in [2.45, 2.75) is 38.7 Å². The topological polar surface area (TPSA) is 70.1 Å². The minimum Gasteiger partial charge on any atom is -0.480 e. The van der Waals surface area contributed by atoms with E-state index in [-0.39, 0.29) is 18.6 Å². The SMILES string of the molecule is Cc1ccc(CCCCC(=O)N2CCOC(CN(C)CC(=O)O)C2)cc1. The summed E-state index contributed by atoms with van der Waals surface area (Å²) in [6.45, 7) is 4.26. The molecule has 1 fully saturated rings. The first kappa shape index (κ1) is 20.4. The molecule has 1 aliphatic heterocycles. The summed E-state index contributed by atoms with van der Waals surface area (Å²) >= 11 is 0. The number of morpholine rings is 1. The third-order valence-corrected chi connectivity index (χ3v) is 4.64. The minimum atomic E-state index is -0.857. The molecule has 1 saturated heterocycles. The molecular weight excluding hydrogens is 332 g/mol. The van der Waals surface area contributed by atoms with Crippen LogP contribution in [0.2, 0.25) is 0 Å². The van der Waals surface area contributed by atoms with Crippen molar-refractivity contribution in [3.05, 3.63) is 35.4 Å². The Hall–Kier alpha value is -1.92. The van der Waals surface area contributed by atoms with E-state index in [2.05, 4.69) is 31.2 Å². The Balaban J connectivity index is 1.67. The molecule has 0 radical (unpaired) electrons. The van der Waals surface area contributed by atoms with Crippen LogP contribution in [-0.2, 0) is 20.7 Å². The van der Waals surface area contributed by atoms with Crippen molar-refractivity contribution in [2.24, 2.45) is 0 Å². The highest BCUT2D eigenvalue weighted by Crippen LogP contribution is 2.12. The van der Waals surface area contributed by atoms with Crippen LogP contribution in [0.1, 0.15) is 30.4 Å².